The van der Waals surface area contributed by atoms with Crippen molar-refractivity contribution in [3.63, 3.8) is 0 Å². The molecule has 0 bridgehead atoms. The highest BCUT2D eigenvalue weighted by atomic mass is 35.8. The summed E-state index contributed by atoms with van der Waals surface area (Å²) in [4.78, 5) is 21.6. The predicted molar refractivity (Wildman–Crippen MR) is 51.9 cm³/mol. The van der Waals surface area contributed by atoms with Crippen LogP contribution in [0.25, 0.3) is 0 Å². The Bertz CT molecular complexity index is 238. The van der Waals surface area contributed by atoms with E-state index in [0.29, 0.717) is 12.5 Å². The van der Waals surface area contributed by atoms with Crippen LogP contribution in [0, 0.1) is 5.92 Å². The lowest BCUT2D eigenvalue weighted by Gasteiger charge is -2.08. The first-order valence-electron chi connectivity index (χ1n) is 3.70. The van der Waals surface area contributed by atoms with E-state index < -0.39 is 23.9 Å². The van der Waals surface area contributed by atoms with Crippen molar-refractivity contribution in [3.05, 3.63) is 0 Å². The Morgan fingerprint density at radius 3 is 2.38 bits per heavy atom. The van der Waals surface area contributed by atoms with Crippen LogP contribution in [0.2, 0.25) is 6.04 Å². The fourth-order valence-electron chi connectivity index (χ4n) is 1.08. The molecule has 74 valence electrons. The minimum atomic E-state index is -2.68. The van der Waals surface area contributed by atoms with Crippen molar-refractivity contribution in [3.8, 4) is 0 Å². The van der Waals surface area contributed by atoms with E-state index in [1.165, 1.54) is 0 Å². The SMILES string of the molecule is O=C1CC(CC[Si](Cl)(Cl)Cl)C(=O)O1. The summed E-state index contributed by atoms with van der Waals surface area (Å²) in [6, 6.07) is -2.30. The van der Waals surface area contributed by atoms with Gasteiger partial charge in [-0.05, 0) is 12.5 Å². The van der Waals surface area contributed by atoms with E-state index in [0.717, 1.165) is 0 Å². The summed E-state index contributed by atoms with van der Waals surface area (Å²) in [6.45, 7) is 0. The molecule has 0 saturated carbocycles. The zero-order valence-corrected chi connectivity index (χ0v) is 9.83. The smallest absolute Gasteiger partial charge is 0.341 e. The van der Waals surface area contributed by atoms with Gasteiger partial charge in [-0.1, -0.05) is 0 Å². The summed E-state index contributed by atoms with van der Waals surface area (Å²) in [6.07, 6.45) is 0.543. The van der Waals surface area contributed by atoms with Crippen molar-refractivity contribution in [1.29, 1.82) is 0 Å². The van der Waals surface area contributed by atoms with Gasteiger partial charge in [0.25, 0.3) is 0 Å². The van der Waals surface area contributed by atoms with Gasteiger partial charge in [-0.2, -0.15) is 0 Å². The molecule has 0 aromatic heterocycles. The number of carbonyl (C=O) groups excluding carboxylic acids is 2. The van der Waals surface area contributed by atoms with Gasteiger partial charge in [0, 0.05) is 0 Å². The normalized spacial score (nSPS) is 23.5. The summed E-state index contributed by atoms with van der Waals surface area (Å²) in [7, 11) is 0. The highest BCUT2D eigenvalue weighted by molar-refractivity contribution is 7.64. The number of cyclic esters (lactones) is 2. The van der Waals surface area contributed by atoms with E-state index in [1.54, 1.807) is 0 Å². The lowest BCUT2D eigenvalue weighted by atomic mass is 10.1. The number of hydrogen-bond acceptors (Lipinski definition) is 3. The van der Waals surface area contributed by atoms with E-state index >= 15 is 0 Å². The molecule has 0 spiro atoms. The van der Waals surface area contributed by atoms with Crippen LogP contribution >= 0.6 is 33.2 Å². The lowest BCUT2D eigenvalue weighted by molar-refractivity contribution is -0.153. The van der Waals surface area contributed by atoms with Gasteiger partial charge in [0.2, 0.25) is 0 Å². The molecule has 1 heterocycles. The van der Waals surface area contributed by atoms with Gasteiger partial charge in [-0.3, -0.25) is 9.59 Å². The third-order valence-corrected chi connectivity index (χ3v) is 4.29. The van der Waals surface area contributed by atoms with Gasteiger partial charge >= 0.3 is 17.9 Å². The maximum absolute atomic E-state index is 10.9. The van der Waals surface area contributed by atoms with Crippen molar-refractivity contribution in [2.24, 2.45) is 5.92 Å². The minimum absolute atomic E-state index is 0.119. The van der Waals surface area contributed by atoms with Crippen LogP contribution in [-0.2, 0) is 14.3 Å². The number of ether oxygens (including phenoxy) is 1. The predicted octanol–water partition coefficient (Wildman–Crippen LogP) is 2.12. The van der Waals surface area contributed by atoms with Crippen LogP contribution in [0.3, 0.4) is 0 Å². The molecule has 0 amide bonds. The molecule has 1 rings (SSSR count). The first-order valence-corrected chi connectivity index (χ1v) is 8.94. The van der Waals surface area contributed by atoms with Gasteiger partial charge in [0.05, 0.1) is 12.3 Å². The molecule has 1 aliphatic rings. The van der Waals surface area contributed by atoms with Crippen LogP contribution in [0.4, 0.5) is 0 Å². The highest BCUT2D eigenvalue weighted by Gasteiger charge is 2.36. The Balaban J connectivity index is 2.38. The second-order valence-electron chi connectivity index (χ2n) is 2.85. The zero-order valence-electron chi connectivity index (χ0n) is 6.56. The van der Waals surface area contributed by atoms with E-state index in [-0.39, 0.29) is 6.42 Å². The average molecular weight is 262 g/mol. The van der Waals surface area contributed by atoms with Crippen LogP contribution in [-0.4, -0.2) is 17.9 Å². The molecule has 13 heavy (non-hydrogen) atoms. The number of esters is 2. The first-order chi connectivity index (χ1) is 5.88. The maximum Gasteiger partial charge on any atom is 0.341 e. The summed E-state index contributed by atoms with van der Waals surface area (Å²) >= 11 is 16.9. The molecule has 1 atom stereocenters. The van der Waals surface area contributed by atoms with Crippen molar-refractivity contribution in [2.75, 3.05) is 0 Å². The van der Waals surface area contributed by atoms with E-state index in [1.807, 2.05) is 0 Å². The standard InChI is InChI=1S/C6H7Cl3O3Si/c7-13(8,9)2-1-4-3-5(10)12-6(4)11/h4H,1-3H2. The quantitative estimate of drug-likeness (QED) is 0.338. The molecule has 0 aromatic carbocycles. The number of hydrogen-bond donors (Lipinski definition) is 0. The van der Waals surface area contributed by atoms with E-state index in [2.05, 4.69) is 4.74 Å². The second-order valence-corrected chi connectivity index (χ2v) is 12.1. The van der Waals surface area contributed by atoms with Crippen molar-refractivity contribution in [1.82, 2.24) is 0 Å². The van der Waals surface area contributed by atoms with Crippen LogP contribution < -0.4 is 0 Å². The lowest BCUT2D eigenvalue weighted by Crippen LogP contribution is -2.14. The average Bonchev–Trinajstić information content (AvgIpc) is 2.24. The van der Waals surface area contributed by atoms with Crippen LogP contribution in [0.5, 0.6) is 0 Å². The molecule has 0 N–H and O–H groups in total. The molecule has 0 radical (unpaired) electrons. The Labute approximate surface area is 90.4 Å². The molecule has 1 saturated heterocycles. The van der Waals surface area contributed by atoms with Crippen molar-refractivity contribution in [2.45, 2.75) is 18.9 Å². The zero-order chi connectivity index (χ0) is 10.1. The molecule has 7 heteroatoms. The Morgan fingerprint density at radius 1 is 1.38 bits per heavy atom. The van der Waals surface area contributed by atoms with Gasteiger partial charge in [-0.25, -0.2) is 0 Å². The fraction of sp³-hybridized carbons (Fsp3) is 0.667. The van der Waals surface area contributed by atoms with Gasteiger partial charge in [0.1, 0.15) is 0 Å². The molecular weight excluding hydrogens is 255 g/mol. The molecule has 0 aliphatic carbocycles. The Morgan fingerprint density at radius 2 is 2.00 bits per heavy atom. The number of halogens is 3. The van der Waals surface area contributed by atoms with Gasteiger partial charge < -0.3 is 4.74 Å². The topological polar surface area (TPSA) is 43.4 Å². The van der Waals surface area contributed by atoms with Crippen molar-refractivity contribution >= 4 is 51.2 Å². The summed E-state index contributed by atoms with van der Waals surface area (Å²) in [5.41, 5.74) is 0. The van der Waals surface area contributed by atoms with Crippen LogP contribution in [0.15, 0.2) is 0 Å². The first kappa shape index (κ1) is 11.3. The summed E-state index contributed by atoms with van der Waals surface area (Å²) in [5, 5.41) is 0. The second kappa shape index (κ2) is 4.17. The number of rotatable bonds is 3. The van der Waals surface area contributed by atoms with Crippen molar-refractivity contribution < 1.29 is 14.3 Å². The summed E-state index contributed by atoms with van der Waals surface area (Å²) < 4.78 is 4.35. The molecule has 1 aliphatic heterocycles. The van der Waals surface area contributed by atoms with Gasteiger partial charge in [-0.15, -0.1) is 33.2 Å². The number of carbonyl (C=O) groups is 2. The maximum atomic E-state index is 10.9. The largest absolute Gasteiger partial charge is 0.393 e. The monoisotopic (exact) mass is 260 g/mol. The molecule has 3 nitrogen and oxygen atoms in total. The Hall–Kier alpha value is 0.227. The molecular formula is C6H7Cl3O3Si. The fourth-order valence-corrected chi connectivity index (χ4v) is 2.74. The van der Waals surface area contributed by atoms with E-state index in [4.69, 9.17) is 33.2 Å². The molecule has 0 aromatic rings. The Kier molecular flexibility index (Phi) is 3.62. The highest BCUT2D eigenvalue weighted by Crippen LogP contribution is 2.31. The van der Waals surface area contributed by atoms with Crippen LogP contribution in [0.1, 0.15) is 12.8 Å². The third kappa shape index (κ3) is 3.85. The third-order valence-electron chi connectivity index (χ3n) is 1.74. The molecule has 1 fully saturated rings. The van der Waals surface area contributed by atoms with E-state index in [9.17, 15) is 9.59 Å². The minimum Gasteiger partial charge on any atom is -0.393 e. The summed E-state index contributed by atoms with van der Waals surface area (Å²) in [5.74, 6) is -1.38. The van der Waals surface area contributed by atoms with Gasteiger partial charge in [0.15, 0.2) is 0 Å². The molecule has 1 unspecified atom stereocenters.